The van der Waals surface area contributed by atoms with Crippen molar-refractivity contribution in [2.75, 3.05) is 33.0 Å². The van der Waals surface area contributed by atoms with Gasteiger partial charge in [-0.25, -0.2) is 4.79 Å². The number of amides is 2. The van der Waals surface area contributed by atoms with Crippen LogP contribution in [0.2, 0.25) is 0 Å². The fourth-order valence-corrected chi connectivity index (χ4v) is 3.94. The van der Waals surface area contributed by atoms with Gasteiger partial charge < -0.3 is 24.8 Å². The van der Waals surface area contributed by atoms with Crippen molar-refractivity contribution in [3.05, 3.63) is 18.2 Å². The Morgan fingerprint density at radius 3 is 3.08 bits per heavy atom. The molecule has 2 atom stereocenters. The molecule has 2 amide bonds. The Bertz CT molecular complexity index is 624. The van der Waals surface area contributed by atoms with E-state index in [2.05, 4.69) is 15.5 Å². The molecule has 1 aromatic carbocycles. The van der Waals surface area contributed by atoms with Crippen molar-refractivity contribution in [3.63, 3.8) is 0 Å². The highest BCUT2D eigenvalue weighted by Crippen LogP contribution is 2.35. The maximum absolute atomic E-state index is 12.1. The molecule has 7 nitrogen and oxygen atoms in total. The number of fused-ring (bicyclic) bond motifs is 2. The van der Waals surface area contributed by atoms with Crippen molar-refractivity contribution in [1.82, 2.24) is 15.5 Å². The predicted molar refractivity (Wildman–Crippen MR) is 92.2 cm³/mol. The normalized spacial score (nSPS) is 24.6. The largest absolute Gasteiger partial charge is 0.492 e. The Balaban J connectivity index is 1.17. The lowest BCUT2D eigenvalue weighted by atomic mass is 9.99. The molecule has 3 aliphatic rings. The molecule has 3 aliphatic heterocycles. The highest BCUT2D eigenvalue weighted by molar-refractivity contribution is 5.74. The molecule has 0 radical (unpaired) electrons. The van der Waals surface area contributed by atoms with Crippen LogP contribution in [0.25, 0.3) is 0 Å². The first-order valence-electron chi connectivity index (χ1n) is 9.10. The van der Waals surface area contributed by atoms with E-state index < -0.39 is 0 Å². The van der Waals surface area contributed by atoms with Gasteiger partial charge in [0, 0.05) is 24.7 Å². The average Bonchev–Trinajstić information content (AvgIpc) is 3.25. The minimum absolute atomic E-state index is 0.105. The summed E-state index contributed by atoms with van der Waals surface area (Å²) in [6.07, 6.45) is 4.79. The van der Waals surface area contributed by atoms with E-state index in [9.17, 15) is 4.79 Å². The van der Waals surface area contributed by atoms with Crippen LogP contribution in [0, 0.1) is 0 Å². The second-order valence-corrected chi connectivity index (χ2v) is 6.76. The van der Waals surface area contributed by atoms with Gasteiger partial charge in [0.25, 0.3) is 0 Å². The quantitative estimate of drug-likeness (QED) is 0.794. The first-order valence-corrected chi connectivity index (χ1v) is 9.10. The smallest absolute Gasteiger partial charge is 0.315 e. The number of ether oxygens (including phenoxy) is 3. The van der Waals surface area contributed by atoms with Gasteiger partial charge in [0.1, 0.15) is 12.4 Å². The van der Waals surface area contributed by atoms with Crippen LogP contribution in [0.3, 0.4) is 0 Å². The fraction of sp³-hybridized carbons (Fsp3) is 0.611. The summed E-state index contributed by atoms with van der Waals surface area (Å²) in [5, 5.41) is 6.01. The van der Waals surface area contributed by atoms with E-state index in [0.29, 0.717) is 30.7 Å². The van der Waals surface area contributed by atoms with E-state index in [1.165, 1.54) is 25.8 Å². The van der Waals surface area contributed by atoms with Crippen LogP contribution in [0.4, 0.5) is 4.79 Å². The molecule has 0 aromatic heterocycles. The topological polar surface area (TPSA) is 72.1 Å². The van der Waals surface area contributed by atoms with Crippen molar-refractivity contribution in [2.45, 2.75) is 37.8 Å². The summed E-state index contributed by atoms with van der Waals surface area (Å²) in [5.74, 6) is 2.14. The molecule has 136 valence electrons. The summed E-state index contributed by atoms with van der Waals surface area (Å²) >= 11 is 0. The molecule has 2 N–H and O–H groups in total. The lowest BCUT2D eigenvalue weighted by Crippen LogP contribution is -2.50. The number of hydrogen-bond acceptors (Lipinski definition) is 5. The maximum atomic E-state index is 12.1. The van der Waals surface area contributed by atoms with Crippen molar-refractivity contribution >= 4 is 6.03 Å². The van der Waals surface area contributed by atoms with Crippen molar-refractivity contribution in [3.8, 4) is 17.2 Å². The molecule has 0 saturated carbocycles. The molecule has 3 heterocycles. The standard InChI is InChI=1S/C18H25N3O4/c22-18(20-14-6-9-21-8-2-1-3-15(14)21)19-7-10-23-13-4-5-16-17(11-13)25-12-24-16/h4-5,11,14-15H,1-3,6-10,12H2,(H2,19,20,22)/t14-,15-/m1/s1. The van der Waals surface area contributed by atoms with Crippen LogP contribution in [-0.2, 0) is 0 Å². The van der Waals surface area contributed by atoms with Crippen molar-refractivity contribution in [1.29, 1.82) is 0 Å². The number of nitrogens with one attached hydrogen (secondary N) is 2. The second kappa shape index (κ2) is 7.39. The zero-order valence-corrected chi connectivity index (χ0v) is 14.3. The van der Waals surface area contributed by atoms with Crippen LogP contribution >= 0.6 is 0 Å². The van der Waals surface area contributed by atoms with Crippen LogP contribution in [0.1, 0.15) is 25.7 Å². The molecule has 0 unspecified atom stereocenters. The Hall–Kier alpha value is -2.15. The lowest BCUT2D eigenvalue weighted by Gasteiger charge is -2.32. The number of piperidine rings is 1. The highest BCUT2D eigenvalue weighted by Gasteiger charge is 2.36. The van der Waals surface area contributed by atoms with Crippen molar-refractivity contribution in [2.24, 2.45) is 0 Å². The summed E-state index contributed by atoms with van der Waals surface area (Å²) in [6, 6.07) is 6.15. The molecule has 0 bridgehead atoms. The number of urea groups is 1. The van der Waals surface area contributed by atoms with E-state index in [0.717, 1.165) is 18.7 Å². The molecule has 4 rings (SSSR count). The highest BCUT2D eigenvalue weighted by atomic mass is 16.7. The molecule has 1 aromatic rings. The SMILES string of the molecule is O=C(NCCOc1ccc2c(c1)OCO2)N[C@@H]1CCN2CCCC[C@H]12. The summed E-state index contributed by atoms with van der Waals surface area (Å²) in [4.78, 5) is 14.6. The summed E-state index contributed by atoms with van der Waals surface area (Å²) in [6.45, 7) is 3.39. The lowest BCUT2D eigenvalue weighted by molar-refractivity contribution is 0.173. The monoisotopic (exact) mass is 347 g/mol. The van der Waals surface area contributed by atoms with E-state index >= 15 is 0 Å². The molecular formula is C18H25N3O4. The van der Waals surface area contributed by atoms with E-state index in [1.54, 1.807) is 6.07 Å². The van der Waals surface area contributed by atoms with E-state index in [4.69, 9.17) is 14.2 Å². The number of hydrogen-bond donors (Lipinski definition) is 2. The first-order chi connectivity index (χ1) is 12.3. The minimum Gasteiger partial charge on any atom is -0.492 e. The zero-order valence-electron chi connectivity index (χ0n) is 14.3. The van der Waals surface area contributed by atoms with Gasteiger partial charge in [-0.2, -0.15) is 0 Å². The van der Waals surface area contributed by atoms with Crippen LogP contribution < -0.4 is 24.8 Å². The number of carbonyl (C=O) groups excluding carboxylic acids is 1. The Labute approximate surface area is 147 Å². The third kappa shape index (κ3) is 3.76. The number of nitrogens with zero attached hydrogens (tertiary/aromatic N) is 1. The van der Waals surface area contributed by atoms with E-state index in [-0.39, 0.29) is 18.9 Å². The van der Waals surface area contributed by atoms with E-state index in [1.807, 2.05) is 12.1 Å². The third-order valence-corrected chi connectivity index (χ3v) is 5.17. The van der Waals surface area contributed by atoms with Gasteiger partial charge >= 0.3 is 6.03 Å². The average molecular weight is 347 g/mol. The molecule has 25 heavy (non-hydrogen) atoms. The molecular weight excluding hydrogens is 322 g/mol. The van der Waals surface area contributed by atoms with Gasteiger partial charge in [-0.05, 0) is 37.9 Å². The van der Waals surface area contributed by atoms with Gasteiger partial charge in [-0.1, -0.05) is 6.42 Å². The molecule has 2 fully saturated rings. The van der Waals surface area contributed by atoms with Crippen LogP contribution in [0.5, 0.6) is 17.2 Å². The summed E-state index contributed by atoms with van der Waals surface area (Å²) in [7, 11) is 0. The van der Waals surface area contributed by atoms with Crippen molar-refractivity contribution < 1.29 is 19.0 Å². The van der Waals surface area contributed by atoms with Gasteiger partial charge in [-0.3, -0.25) is 4.90 Å². The Kier molecular flexibility index (Phi) is 4.83. The number of benzene rings is 1. The van der Waals surface area contributed by atoms with Gasteiger partial charge in [0.15, 0.2) is 11.5 Å². The maximum Gasteiger partial charge on any atom is 0.315 e. The number of rotatable bonds is 5. The summed E-state index contributed by atoms with van der Waals surface area (Å²) in [5.41, 5.74) is 0. The zero-order chi connectivity index (χ0) is 17.1. The van der Waals surface area contributed by atoms with Gasteiger partial charge in [-0.15, -0.1) is 0 Å². The fourth-order valence-electron chi connectivity index (χ4n) is 3.94. The van der Waals surface area contributed by atoms with Gasteiger partial charge in [0.2, 0.25) is 6.79 Å². The Morgan fingerprint density at radius 2 is 2.12 bits per heavy atom. The minimum atomic E-state index is -0.105. The van der Waals surface area contributed by atoms with Crippen LogP contribution in [0.15, 0.2) is 18.2 Å². The van der Waals surface area contributed by atoms with Crippen LogP contribution in [-0.4, -0.2) is 56.0 Å². The summed E-state index contributed by atoms with van der Waals surface area (Å²) < 4.78 is 16.2. The first kappa shape index (κ1) is 16.3. The predicted octanol–water partition coefficient (Wildman–Crippen LogP) is 1.72. The van der Waals surface area contributed by atoms with Gasteiger partial charge in [0.05, 0.1) is 6.54 Å². The molecule has 7 heteroatoms. The molecule has 2 saturated heterocycles. The Morgan fingerprint density at radius 1 is 1.20 bits per heavy atom. The second-order valence-electron chi connectivity index (χ2n) is 6.76. The third-order valence-electron chi connectivity index (χ3n) is 5.17. The molecule has 0 aliphatic carbocycles. The molecule has 0 spiro atoms. The number of carbonyl (C=O) groups is 1.